The molecule has 0 aliphatic carbocycles. The number of carboxylic acids is 1. The minimum absolute atomic E-state index is 0.0664. The lowest BCUT2D eigenvalue weighted by Crippen LogP contribution is -2.62. The Balaban J connectivity index is 0.00000103. The number of hydrogen-bond acceptors (Lipinski definition) is 7. The molecule has 3 rings (SSSR count). The van der Waals surface area contributed by atoms with Crippen LogP contribution in [0.15, 0.2) is 55.1 Å². The molecule has 0 bridgehead atoms. The molecule has 1 heterocycles. The Kier molecular flexibility index (Phi) is 19.3. The Morgan fingerprint density at radius 3 is 2.15 bits per heavy atom. The Hall–Kier alpha value is -4.03. The average molecular weight is 773 g/mol. The van der Waals surface area contributed by atoms with Gasteiger partial charge >= 0.3 is 12.1 Å². The molecule has 1 fully saturated rings. The van der Waals surface area contributed by atoms with Gasteiger partial charge < -0.3 is 24.7 Å². The van der Waals surface area contributed by atoms with Crippen molar-refractivity contribution in [1.82, 2.24) is 21.1 Å². The minimum Gasteiger partial charge on any atom is -0.480 e. The highest BCUT2D eigenvalue weighted by Crippen LogP contribution is 2.53. The van der Waals surface area contributed by atoms with Crippen LogP contribution in [0.25, 0.3) is 6.08 Å². The molecule has 0 saturated carbocycles. The highest BCUT2D eigenvalue weighted by atomic mass is 32.3. The molecule has 4 N–H and O–H groups in total. The van der Waals surface area contributed by atoms with Crippen molar-refractivity contribution in [2.45, 2.75) is 130 Å². The quantitative estimate of drug-likeness (QED) is 0.170. The molecule has 304 valence electrons. The highest BCUT2D eigenvalue weighted by molar-refractivity contribution is 8.30. The van der Waals surface area contributed by atoms with Crippen LogP contribution in [-0.2, 0) is 32.0 Å². The van der Waals surface area contributed by atoms with E-state index in [0.29, 0.717) is 25.1 Å². The Labute approximate surface area is 326 Å². The molecule has 1 aliphatic rings. The Morgan fingerprint density at radius 2 is 1.61 bits per heavy atom. The van der Waals surface area contributed by atoms with Gasteiger partial charge in [-0.3, -0.25) is 19.4 Å². The summed E-state index contributed by atoms with van der Waals surface area (Å²) in [5.41, 5.74) is 5.36. The van der Waals surface area contributed by atoms with Gasteiger partial charge in [-0.1, -0.05) is 94.0 Å². The first-order chi connectivity index (χ1) is 25.1. The van der Waals surface area contributed by atoms with E-state index in [9.17, 15) is 24.3 Å². The van der Waals surface area contributed by atoms with Gasteiger partial charge in [-0.15, -0.1) is 0 Å². The first kappa shape index (κ1) is 48.0. The van der Waals surface area contributed by atoms with Crippen molar-refractivity contribution in [1.29, 1.82) is 0 Å². The molecule has 2 aromatic carbocycles. The van der Waals surface area contributed by atoms with Gasteiger partial charge in [0.15, 0.2) is 0 Å². The number of aliphatic carboxylic acids is 1. The molecule has 0 spiro atoms. The number of benzene rings is 2. The van der Waals surface area contributed by atoms with Crippen LogP contribution in [0.1, 0.15) is 106 Å². The molecule has 12 heteroatoms. The zero-order valence-electron chi connectivity index (χ0n) is 35.0. The number of amides is 3. The predicted molar refractivity (Wildman–Crippen MR) is 223 cm³/mol. The van der Waals surface area contributed by atoms with Crippen LogP contribution in [0, 0.1) is 5.92 Å². The third kappa shape index (κ3) is 16.1. The fourth-order valence-electron chi connectivity index (χ4n) is 5.01. The molecule has 2 aromatic rings. The van der Waals surface area contributed by atoms with Crippen LogP contribution >= 0.6 is 10.3 Å². The standard InChI is InChI=1S/C30H50N4O7S.C10H12.C2H6/c1-19(2)24(32-28(39)40-29(3,4)5)25(35)31-23(26(36)34-16-12-15-22(33-34)27(37)38)18-20-13-11-14-21(17-20)41-42(9,10)30(6,7)8;1-3-9-6-5-7-10(4-2)8-9;1-2/h11,13-14,17,19,22-24,33H,12,15-16,18H2,1-10H3,(H,31,35)(H,32,39)(H,37,38);3,5-8H,1,4H2,2H3;1-2H3. The molecule has 54 heavy (non-hydrogen) atoms. The van der Waals surface area contributed by atoms with Crippen LogP contribution in [0.2, 0.25) is 0 Å². The van der Waals surface area contributed by atoms with Gasteiger partial charge in [-0.2, -0.15) is 0 Å². The van der Waals surface area contributed by atoms with Gasteiger partial charge in [0.2, 0.25) is 5.91 Å². The average Bonchev–Trinajstić information content (AvgIpc) is 3.09. The molecule has 1 aliphatic heterocycles. The lowest BCUT2D eigenvalue weighted by molar-refractivity contribution is -0.148. The third-order valence-electron chi connectivity index (χ3n) is 8.70. The second kappa shape index (κ2) is 21.8. The summed E-state index contributed by atoms with van der Waals surface area (Å²) in [4.78, 5) is 51.4. The topological polar surface area (TPSA) is 146 Å². The largest absolute Gasteiger partial charge is 0.480 e. The van der Waals surface area contributed by atoms with Gasteiger partial charge in [-0.25, -0.2) is 10.2 Å². The van der Waals surface area contributed by atoms with E-state index < -0.39 is 57.9 Å². The molecular weight excluding hydrogens is 705 g/mol. The van der Waals surface area contributed by atoms with E-state index in [4.69, 9.17) is 8.92 Å². The summed E-state index contributed by atoms with van der Waals surface area (Å²) in [5, 5.41) is 16.2. The molecule has 0 radical (unpaired) electrons. The molecule has 3 unspecified atom stereocenters. The maximum absolute atomic E-state index is 13.8. The zero-order valence-corrected chi connectivity index (χ0v) is 35.8. The first-order valence-corrected chi connectivity index (χ1v) is 21.3. The van der Waals surface area contributed by atoms with Crippen LogP contribution in [0.5, 0.6) is 5.75 Å². The number of rotatable bonds is 12. The fourth-order valence-corrected chi connectivity index (χ4v) is 5.84. The Bertz CT molecular complexity index is 1530. The predicted octanol–water partition coefficient (Wildman–Crippen LogP) is 7.92. The van der Waals surface area contributed by atoms with Gasteiger partial charge in [-0.05, 0) is 108 Å². The molecule has 11 nitrogen and oxygen atoms in total. The van der Waals surface area contributed by atoms with Crippen molar-refractivity contribution in [3.8, 4) is 5.75 Å². The molecular formula is C42H68N4O7S. The molecule has 1 saturated heterocycles. The fraction of sp³-hybridized carbons (Fsp3) is 0.571. The van der Waals surface area contributed by atoms with Crippen molar-refractivity contribution >= 4 is 40.3 Å². The molecule has 3 atom stereocenters. The zero-order chi connectivity index (χ0) is 41.4. The second-order valence-electron chi connectivity index (χ2n) is 15.7. The number of nitrogens with zero attached hydrogens (tertiary/aromatic N) is 1. The molecule has 0 aromatic heterocycles. The summed E-state index contributed by atoms with van der Waals surface area (Å²) >= 11 is 0. The summed E-state index contributed by atoms with van der Waals surface area (Å²) in [6.07, 6.45) is 7.43. The van der Waals surface area contributed by atoms with E-state index in [0.717, 1.165) is 12.0 Å². The Morgan fingerprint density at radius 1 is 1.00 bits per heavy atom. The monoisotopic (exact) mass is 772 g/mol. The van der Waals surface area contributed by atoms with E-state index in [1.165, 1.54) is 16.1 Å². The number of ether oxygens (including phenoxy) is 1. The summed E-state index contributed by atoms with van der Waals surface area (Å²) in [6.45, 7) is 25.3. The van der Waals surface area contributed by atoms with Crippen molar-refractivity contribution in [3.05, 3.63) is 71.8 Å². The maximum Gasteiger partial charge on any atom is 0.408 e. The van der Waals surface area contributed by atoms with E-state index in [1.54, 1.807) is 34.6 Å². The van der Waals surface area contributed by atoms with E-state index in [2.05, 4.69) is 87.1 Å². The van der Waals surface area contributed by atoms with E-state index in [-0.39, 0.29) is 17.1 Å². The number of carbonyl (C=O) groups is 4. The number of carbonyl (C=O) groups excluding carboxylic acids is 3. The summed E-state index contributed by atoms with van der Waals surface area (Å²) in [6, 6.07) is 12.9. The van der Waals surface area contributed by atoms with Crippen molar-refractivity contribution in [2.24, 2.45) is 5.92 Å². The highest BCUT2D eigenvalue weighted by Gasteiger charge is 2.35. The maximum atomic E-state index is 13.8. The lowest BCUT2D eigenvalue weighted by Gasteiger charge is -2.43. The van der Waals surface area contributed by atoms with Crippen molar-refractivity contribution < 1.29 is 33.2 Å². The van der Waals surface area contributed by atoms with Crippen LogP contribution < -0.4 is 20.2 Å². The number of aryl methyl sites for hydroxylation is 1. The van der Waals surface area contributed by atoms with Crippen molar-refractivity contribution in [2.75, 3.05) is 19.1 Å². The van der Waals surface area contributed by atoms with E-state index in [1.807, 2.05) is 44.2 Å². The smallest absolute Gasteiger partial charge is 0.408 e. The second-order valence-corrected chi connectivity index (χ2v) is 19.5. The van der Waals surface area contributed by atoms with E-state index >= 15 is 0 Å². The van der Waals surface area contributed by atoms with Crippen LogP contribution in [-0.4, -0.2) is 81.5 Å². The van der Waals surface area contributed by atoms with Crippen LogP contribution in [0.4, 0.5) is 4.79 Å². The first-order valence-electron chi connectivity index (χ1n) is 18.9. The van der Waals surface area contributed by atoms with Gasteiger partial charge in [0.25, 0.3) is 5.91 Å². The number of hydrazine groups is 1. The number of nitrogens with one attached hydrogen (secondary N) is 3. The van der Waals surface area contributed by atoms with Crippen LogP contribution in [0.3, 0.4) is 0 Å². The summed E-state index contributed by atoms with van der Waals surface area (Å²) in [5.74, 6) is -1.72. The minimum atomic E-state index is -1.47. The number of alkyl carbamates (subject to hydrolysis) is 1. The normalized spacial score (nSPS) is 15.9. The van der Waals surface area contributed by atoms with Gasteiger partial charge in [0.05, 0.1) is 0 Å². The summed E-state index contributed by atoms with van der Waals surface area (Å²) in [7, 11) is -1.47. The summed E-state index contributed by atoms with van der Waals surface area (Å²) < 4.78 is 11.7. The molecule has 3 amide bonds. The SMILES string of the molecule is C=Cc1cccc(CC)c1.CC.CC(C)C(NC(=O)OC(C)(C)C)C(=O)NC(Cc1cccc(OS(C)(C)C(C)(C)C)c1)C(=O)N1CCCC(C(=O)O)N1. The van der Waals surface area contributed by atoms with Gasteiger partial charge in [0, 0.05) is 17.7 Å². The number of hydrogen-bond donors (Lipinski definition) is 4. The van der Waals surface area contributed by atoms with Gasteiger partial charge in [0.1, 0.15) is 29.5 Å². The lowest BCUT2D eigenvalue weighted by atomic mass is 10.0. The van der Waals surface area contributed by atoms with Crippen molar-refractivity contribution in [3.63, 3.8) is 0 Å². The number of carboxylic acid groups (broad SMARTS) is 1. The third-order valence-corrected chi connectivity index (χ3v) is 12.3.